The molecule has 0 bridgehead atoms. The number of imidazole rings is 1. The maximum absolute atomic E-state index is 8.84. The van der Waals surface area contributed by atoms with Crippen molar-refractivity contribution in [2.45, 2.75) is 65.5 Å². The molecule has 0 aliphatic rings. The van der Waals surface area contributed by atoms with Crippen LogP contribution in [-0.4, -0.2) is 27.6 Å². The Morgan fingerprint density at radius 2 is 1.34 bits per heavy atom. The summed E-state index contributed by atoms with van der Waals surface area (Å²) < 4.78 is 26.5. The molecule has 68 heavy (non-hydrogen) atoms. The van der Waals surface area contributed by atoms with Crippen LogP contribution >= 0.6 is 0 Å². The zero-order chi connectivity index (χ0) is 48.0. The third-order valence-corrected chi connectivity index (χ3v) is 14.4. The van der Waals surface area contributed by atoms with Gasteiger partial charge in [-0.2, -0.15) is 0 Å². The van der Waals surface area contributed by atoms with Gasteiger partial charge in [0.1, 0.15) is 5.58 Å². The molecule has 7 aromatic carbocycles. The van der Waals surface area contributed by atoms with Crippen LogP contribution in [0.1, 0.15) is 64.5 Å². The number of fused-ring (bicyclic) bond motifs is 5. The van der Waals surface area contributed by atoms with E-state index in [0.29, 0.717) is 11.2 Å². The van der Waals surface area contributed by atoms with Gasteiger partial charge in [0.05, 0.1) is 30.5 Å². The Kier molecular flexibility index (Phi) is 12.5. The first-order valence-electron chi connectivity index (χ1n) is 24.2. The van der Waals surface area contributed by atoms with Crippen molar-refractivity contribution in [1.29, 1.82) is 0 Å². The van der Waals surface area contributed by atoms with Gasteiger partial charge in [0.2, 0.25) is 0 Å². The van der Waals surface area contributed by atoms with Crippen LogP contribution in [0.3, 0.4) is 0 Å². The molecule has 0 saturated carbocycles. The molecule has 0 unspecified atom stereocenters. The number of benzene rings is 7. The van der Waals surface area contributed by atoms with Crippen molar-refractivity contribution in [3.05, 3.63) is 210 Å². The molecular weight excluding hydrogens is 1030 g/mol. The molecule has 0 atom stereocenters. The van der Waals surface area contributed by atoms with Gasteiger partial charge in [0.15, 0.2) is 5.65 Å². The second-order valence-corrected chi connectivity index (χ2v) is 23.8. The number of hydrogen-bond donors (Lipinski definition) is 0. The predicted molar refractivity (Wildman–Crippen MR) is 282 cm³/mol. The average molecular weight is 1080 g/mol. The van der Waals surface area contributed by atoms with Gasteiger partial charge < -0.3 is 14.0 Å². The molecule has 11 aromatic rings. The molecule has 4 heterocycles. The smallest absolute Gasteiger partial charge is 0.168 e. The van der Waals surface area contributed by atoms with Gasteiger partial charge in [-0.25, -0.2) is 4.98 Å². The van der Waals surface area contributed by atoms with Crippen LogP contribution in [0, 0.1) is 12.1 Å². The van der Waals surface area contributed by atoms with E-state index in [1.165, 1.54) is 22.3 Å². The van der Waals surface area contributed by atoms with Gasteiger partial charge in [-0.3, -0.25) is 4.98 Å². The van der Waals surface area contributed by atoms with E-state index in [-0.39, 0.29) is 31.9 Å². The van der Waals surface area contributed by atoms with E-state index in [0.717, 1.165) is 77.4 Å². The van der Waals surface area contributed by atoms with Gasteiger partial charge >= 0.3 is 0 Å². The maximum Gasteiger partial charge on any atom is 0.168 e. The van der Waals surface area contributed by atoms with Crippen molar-refractivity contribution >= 4 is 57.3 Å². The number of pyridine rings is 2. The molecule has 0 aliphatic carbocycles. The summed E-state index contributed by atoms with van der Waals surface area (Å²) in [4.78, 5) is 15.0. The van der Waals surface area contributed by atoms with Crippen LogP contribution in [-0.2, 0) is 26.5 Å². The van der Waals surface area contributed by atoms with E-state index in [4.69, 9.17) is 17.1 Å². The standard InChI is InChI=1S/C40H32N3O.C21H22NSi.Ir/c1-24(2)32-21-28(26-13-6-5-7-14-26)22-33(25(3)4)37(32)43-35-23-27-15-8-10-19-34(27)41-39(35)42-40(43)31-18-12-17-30-29-16-9-11-20-36(29)44-38(30)31;1-23(2,3)21-16-22-20(18-12-8-5-9-13-18)15-19(21)14-17-10-6-4-7-11-17;/h5-17,19-25H,1-4H3;4-12,15-16H,14H2,1-3H3;/q2*-1;/i;14D2;. The second kappa shape index (κ2) is 19.5. The Hall–Kier alpha value is -6.76. The average Bonchev–Trinajstić information content (AvgIpc) is 3.94. The van der Waals surface area contributed by atoms with Crippen molar-refractivity contribution in [1.82, 2.24) is 19.5 Å². The van der Waals surface area contributed by atoms with Crippen LogP contribution in [0.5, 0.6) is 0 Å². The molecule has 11 rings (SSSR count). The first-order chi connectivity index (χ1) is 33.3. The zero-order valence-electron chi connectivity index (χ0n) is 41.4. The predicted octanol–water partition coefficient (Wildman–Crippen LogP) is 15.5. The largest absolute Gasteiger partial charge is 0.501 e. The van der Waals surface area contributed by atoms with Crippen molar-refractivity contribution < 1.29 is 27.3 Å². The van der Waals surface area contributed by atoms with Gasteiger partial charge in [0, 0.05) is 45.5 Å². The maximum atomic E-state index is 8.84. The van der Waals surface area contributed by atoms with Crippen LogP contribution in [0.4, 0.5) is 0 Å². The fourth-order valence-electron chi connectivity index (χ4n) is 9.01. The minimum absolute atomic E-state index is 0. The minimum Gasteiger partial charge on any atom is -0.501 e. The molecule has 7 heteroatoms. The Balaban J connectivity index is 0.000000200. The summed E-state index contributed by atoms with van der Waals surface area (Å²) in [6.45, 7) is 15.8. The number of nitrogens with zero attached hydrogens (tertiary/aromatic N) is 4. The van der Waals surface area contributed by atoms with Crippen LogP contribution in [0.2, 0.25) is 19.6 Å². The van der Waals surface area contributed by atoms with Crippen molar-refractivity contribution in [3.8, 4) is 39.5 Å². The monoisotopic (exact) mass is 1080 g/mol. The molecule has 0 fully saturated rings. The minimum atomic E-state index is -1.76. The molecular formula is C61H54IrN4OSi-2. The Morgan fingerprint density at radius 1 is 0.662 bits per heavy atom. The third kappa shape index (κ3) is 9.14. The summed E-state index contributed by atoms with van der Waals surface area (Å²) in [6, 6.07) is 63.8. The molecule has 0 spiro atoms. The van der Waals surface area contributed by atoms with E-state index >= 15 is 0 Å². The van der Waals surface area contributed by atoms with Gasteiger partial charge in [0.25, 0.3) is 0 Å². The van der Waals surface area contributed by atoms with E-state index in [2.05, 4.69) is 148 Å². The van der Waals surface area contributed by atoms with Gasteiger partial charge in [-0.15, -0.1) is 54.1 Å². The number of para-hydroxylation sites is 2. The molecule has 1 radical (unpaired) electrons. The number of hydrogen-bond acceptors (Lipinski definition) is 4. The Labute approximate surface area is 417 Å². The zero-order valence-corrected chi connectivity index (χ0v) is 42.8. The topological polar surface area (TPSA) is 56.7 Å². The van der Waals surface area contributed by atoms with E-state index in [9.17, 15) is 0 Å². The number of rotatable bonds is 9. The van der Waals surface area contributed by atoms with E-state index in [1.54, 1.807) is 0 Å². The molecule has 339 valence electrons. The first-order valence-corrected chi connectivity index (χ1v) is 26.7. The summed E-state index contributed by atoms with van der Waals surface area (Å²) in [5.74, 6) is 1.30. The van der Waals surface area contributed by atoms with Crippen LogP contribution in [0.25, 0.3) is 83.5 Å². The van der Waals surface area contributed by atoms with Crippen molar-refractivity contribution in [2.24, 2.45) is 0 Å². The van der Waals surface area contributed by atoms with Crippen molar-refractivity contribution in [3.63, 3.8) is 0 Å². The summed E-state index contributed by atoms with van der Waals surface area (Å²) in [7, 11) is -1.76. The number of furan rings is 1. The van der Waals surface area contributed by atoms with Crippen LogP contribution in [0.15, 0.2) is 180 Å². The SMILES string of the molecule is CC(C)c1cc(-c2ccccc2)cc(C(C)C)c1-n1c(-c2[c-]ccc3c2oc2ccccc23)nc2nc3ccccc3cc21.[2H]C([2H])(c1ccccc1)c1cc(-c2[c-]cccc2)ncc1[Si](C)(C)C.[Ir]. The second-order valence-electron chi connectivity index (χ2n) is 18.8. The summed E-state index contributed by atoms with van der Waals surface area (Å²) >= 11 is 0. The van der Waals surface area contributed by atoms with Gasteiger partial charge in [-0.05, 0) is 87.2 Å². The van der Waals surface area contributed by atoms with E-state index < -0.39 is 14.4 Å². The molecule has 4 aromatic heterocycles. The van der Waals surface area contributed by atoms with Crippen molar-refractivity contribution in [2.75, 3.05) is 0 Å². The third-order valence-electron chi connectivity index (χ3n) is 12.4. The molecule has 0 amide bonds. The molecule has 0 saturated heterocycles. The fourth-order valence-corrected chi connectivity index (χ4v) is 10.4. The first kappa shape index (κ1) is 43.8. The molecule has 5 nitrogen and oxygen atoms in total. The van der Waals surface area contributed by atoms with Crippen LogP contribution < -0.4 is 5.19 Å². The molecule has 0 aliphatic heterocycles. The Morgan fingerprint density at radius 3 is 2.04 bits per heavy atom. The fraction of sp³-hybridized carbons (Fsp3) is 0.164. The number of aromatic nitrogens is 4. The van der Waals surface area contributed by atoms with E-state index in [1.807, 2.05) is 97.2 Å². The molecule has 0 N–H and O–H groups in total. The normalized spacial score (nSPS) is 12.3. The summed E-state index contributed by atoms with van der Waals surface area (Å²) in [5, 5.41) is 4.28. The summed E-state index contributed by atoms with van der Waals surface area (Å²) in [5.41, 5.74) is 14.2. The quantitative estimate of drug-likeness (QED) is 0.107. The van der Waals surface area contributed by atoms with Gasteiger partial charge in [-0.1, -0.05) is 167 Å². The summed E-state index contributed by atoms with van der Waals surface area (Å²) in [6.07, 6.45) is 0.307. The Bertz CT molecular complexity index is 3610.